The number of pyridine rings is 1. The molecule has 1 saturated heterocycles. The Labute approximate surface area is 99.8 Å². The Morgan fingerprint density at radius 2 is 2.29 bits per heavy atom. The third-order valence-corrected chi connectivity index (χ3v) is 2.71. The number of nitrogen functional groups attached to an aromatic ring is 1. The molecule has 0 radical (unpaired) electrons. The summed E-state index contributed by atoms with van der Waals surface area (Å²) in [7, 11) is 1.54. The van der Waals surface area contributed by atoms with E-state index in [4.69, 9.17) is 10.5 Å². The van der Waals surface area contributed by atoms with E-state index >= 15 is 0 Å². The molecule has 1 aliphatic heterocycles. The van der Waals surface area contributed by atoms with Crippen LogP contribution >= 0.6 is 0 Å². The zero-order valence-electron chi connectivity index (χ0n) is 9.77. The van der Waals surface area contributed by atoms with Crippen LogP contribution in [-0.4, -0.2) is 37.6 Å². The Bertz CT molecular complexity index is 422. The average molecular weight is 236 g/mol. The number of anilines is 2. The highest BCUT2D eigenvalue weighted by Gasteiger charge is 2.15. The van der Waals surface area contributed by atoms with Gasteiger partial charge in [0.2, 0.25) is 11.8 Å². The van der Waals surface area contributed by atoms with E-state index in [0.717, 1.165) is 12.4 Å². The van der Waals surface area contributed by atoms with Crippen LogP contribution in [0.5, 0.6) is 5.88 Å². The third kappa shape index (κ3) is 2.58. The molecule has 0 aliphatic carbocycles. The third-order valence-electron chi connectivity index (χ3n) is 2.71. The molecule has 0 aromatic carbocycles. The maximum Gasteiger partial charge on any atom is 0.238 e. The lowest BCUT2D eigenvalue weighted by molar-refractivity contribution is -0.120. The van der Waals surface area contributed by atoms with Crippen molar-refractivity contribution in [1.82, 2.24) is 10.3 Å². The number of carbonyl (C=O) groups is 1. The number of methoxy groups -OCH3 is 1. The minimum atomic E-state index is 0.0786. The van der Waals surface area contributed by atoms with Crippen molar-refractivity contribution in [1.29, 1.82) is 0 Å². The number of hydrogen-bond donors (Lipinski definition) is 2. The van der Waals surface area contributed by atoms with Crippen molar-refractivity contribution in [3.05, 3.63) is 12.1 Å². The topological polar surface area (TPSA) is 80.5 Å². The molecular formula is C11H16N4O2. The van der Waals surface area contributed by atoms with Gasteiger partial charge >= 0.3 is 0 Å². The van der Waals surface area contributed by atoms with E-state index in [2.05, 4.69) is 10.3 Å². The van der Waals surface area contributed by atoms with E-state index in [1.54, 1.807) is 6.07 Å². The maximum absolute atomic E-state index is 11.2. The van der Waals surface area contributed by atoms with Crippen LogP contribution in [-0.2, 0) is 4.79 Å². The first kappa shape index (κ1) is 11.5. The monoisotopic (exact) mass is 236 g/mol. The molecule has 0 unspecified atom stereocenters. The fourth-order valence-corrected chi connectivity index (χ4v) is 1.78. The zero-order chi connectivity index (χ0) is 12.3. The lowest BCUT2D eigenvalue weighted by Crippen LogP contribution is -2.29. The van der Waals surface area contributed by atoms with E-state index < -0.39 is 0 Å². The van der Waals surface area contributed by atoms with Crippen LogP contribution < -0.4 is 20.7 Å². The molecule has 1 aromatic heterocycles. The van der Waals surface area contributed by atoms with Gasteiger partial charge in [0.25, 0.3) is 0 Å². The van der Waals surface area contributed by atoms with Crippen molar-refractivity contribution in [2.45, 2.75) is 6.42 Å². The number of ether oxygens (including phenoxy) is 1. The molecule has 2 rings (SSSR count). The fourth-order valence-electron chi connectivity index (χ4n) is 1.78. The molecule has 0 spiro atoms. The van der Waals surface area contributed by atoms with Gasteiger partial charge in [0.05, 0.1) is 12.8 Å². The lowest BCUT2D eigenvalue weighted by Gasteiger charge is -2.21. The van der Waals surface area contributed by atoms with E-state index in [9.17, 15) is 4.79 Å². The summed E-state index contributed by atoms with van der Waals surface area (Å²) in [5, 5.41) is 2.82. The molecule has 0 saturated carbocycles. The largest absolute Gasteiger partial charge is 0.479 e. The van der Waals surface area contributed by atoms with Gasteiger partial charge in [0.1, 0.15) is 5.82 Å². The summed E-state index contributed by atoms with van der Waals surface area (Å²) in [5.74, 6) is 1.29. The van der Waals surface area contributed by atoms with Gasteiger partial charge in [0.15, 0.2) is 0 Å². The Kier molecular flexibility index (Phi) is 3.32. The summed E-state index contributed by atoms with van der Waals surface area (Å²) in [5.41, 5.74) is 6.22. The Morgan fingerprint density at radius 1 is 1.47 bits per heavy atom. The molecule has 6 nitrogen and oxygen atoms in total. The fraction of sp³-hybridized carbons (Fsp3) is 0.455. The minimum absolute atomic E-state index is 0.0786. The van der Waals surface area contributed by atoms with Crippen LogP contribution in [0.15, 0.2) is 12.1 Å². The van der Waals surface area contributed by atoms with Crippen molar-refractivity contribution >= 4 is 17.4 Å². The number of rotatable bonds is 2. The Balaban J connectivity index is 2.18. The number of carbonyl (C=O) groups excluding carboxylic acids is 1. The molecule has 1 fully saturated rings. The van der Waals surface area contributed by atoms with E-state index in [-0.39, 0.29) is 5.91 Å². The molecule has 0 bridgehead atoms. The number of hydrogen-bond acceptors (Lipinski definition) is 5. The number of nitrogens with two attached hydrogens (primary N) is 1. The quantitative estimate of drug-likeness (QED) is 0.755. The van der Waals surface area contributed by atoms with Crippen LogP contribution in [0, 0.1) is 0 Å². The average Bonchev–Trinajstić information content (AvgIpc) is 2.55. The minimum Gasteiger partial charge on any atom is -0.479 e. The number of nitrogens with zero attached hydrogens (tertiary/aromatic N) is 2. The summed E-state index contributed by atoms with van der Waals surface area (Å²) in [6.45, 7) is 2.03. The Hall–Kier alpha value is -1.98. The van der Waals surface area contributed by atoms with Gasteiger partial charge in [0, 0.05) is 26.1 Å². The van der Waals surface area contributed by atoms with E-state index in [1.807, 2.05) is 11.0 Å². The van der Waals surface area contributed by atoms with Gasteiger partial charge in [-0.25, -0.2) is 0 Å². The van der Waals surface area contributed by atoms with E-state index in [1.165, 1.54) is 7.11 Å². The van der Waals surface area contributed by atoms with Gasteiger partial charge in [-0.2, -0.15) is 4.98 Å². The smallest absolute Gasteiger partial charge is 0.238 e. The molecule has 92 valence electrons. The van der Waals surface area contributed by atoms with Crippen molar-refractivity contribution in [3.8, 4) is 5.88 Å². The summed E-state index contributed by atoms with van der Waals surface area (Å²) in [6.07, 6.45) is 0.481. The second-order valence-corrected chi connectivity index (χ2v) is 3.85. The number of nitrogens with one attached hydrogen (secondary N) is 1. The SMILES string of the molecule is COc1nc(N2CCNC(=O)CC2)ccc1N. The maximum atomic E-state index is 11.2. The molecule has 2 heterocycles. The summed E-state index contributed by atoms with van der Waals surface area (Å²) < 4.78 is 5.08. The first-order valence-electron chi connectivity index (χ1n) is 5.53. The molecule has 1 aromatic rings. The van der Waals surface area contributed by atoms with Crippen LogP contribution in [0.2, 0.25) is 0 Å². The predicted octanol–water partition coefficient (Wildman–Crippen LogP) is -0.00130. The highest BCUT2D eigenvalue weighted by molar-refractivity contribution is 5.77. The van der Waals surface area contributed by atoms with E-state index in [0.29, 0.717) is 31.1 Å². The van der Waals surface area contributed by atoms with Crippen molar-refractivity contribution in [2.24, 2.45) is 0 Å². The highest BCUT2D eigenvalue weighted by Crippen LogP contribution is 2.22. The summed E-state index contributed by atoms with van der Waals surface area (Å²) >= 11 is 0. The zero-order valence-corrected chi connectivity index (χ0v) is 9.77. The number of amides is 1. The van der Waals surface area contributed by atoms with Crippen molar-refractivity contribution in [2.75, 3.05) is 37.4 Å². The first-order valence-corrected chi connectivity index (χ1v) is 5.53. The van der Waals surface area contributed by atoms with Crippen LogP contribution in [0.4, 0.5) is 11.5 Å². The molecular weight excluding hydrogens is 220 g/mol. The predicted molar refractivity (Wildman–Crippen MR) is 65.0 cm³/mol. The normalized spacial score (nSPS) is 16.3. The van der Waals surface area contributed by atoms with Gasteiger partial charge in [-0.3, -0.25) is 4.79 Å². The van der Waals surface area contributed by atoms with Gasteiger partial charge < -0.3 is 20.7 Å². The van der Waals surface area contributed by atoms with Crippen molar-refractivity contribution in [3.63, 3.8) is 0 Å². The second kappa shape index (κ2) is 4.90. The summed E-state index contributed by atoms with van der Waals surface area (Å²) in [4.78, 5) is 17.6. The second-order valence-electron chi connectivity index (χ2n) is 3.85. The van der Waals surface area contributed by atoms with Gasteiger partial charge in [-0.15, -0.1) is 0 Å². The van der Waals surface area contributed by atoms with Crippen LogP contribution in [0.3, 0.4) is 0 Å². The molecule has 6 heteroatoms. The standard InChI is InChI=1S/C11H16N4O2/c1-17-11-8(12)2-3-9(14-11)15-6-4-10(16)13-5-7-15/h2-3H,4-7,12H2,1H3,(H,13,16). The molecule has 0 atom stereocenters. The van der Waals surface area contributed by atoms with Gasteiger partial charge in [-0.1, -0.05) is 0 Å². The molecule has 1 amide bonds. The molecule has 17 heavy (non-hydrogen) atoms. The highest BCUT2D eigenvalue weighted by atomic mass is 16.5. The lowest BCUT2D eigenvalue weighted by atomic mass is 10.3. The first-order chi connectivity index (χ1) is 8.20. The van der Waals surface area contributed by atoms with Crippen molar-refractivity contribution < 1.29 is 9.53 Å². The summed E-state index contributed by atoms with van der Waals surface area (Å²) in [6, 6.07) is 3.61. The molecule has 3 N–H and O–H groups in total. The molecule has 1 aliphatic rings. The Morgan fingerprint density at radius 3 is 3.06 bits per heavy atom. The number of aromatic nitrogens is 1. The van der Waals surface area contributed by atoms with Crippen LogP contribution in [0.1, 0.15) is 6.42 Å². The van der Waals surface area contributed by atoms with Gasteiger partial charge in [-0.05, 0) is 12.1 Å². The van der Waals surface area contributed by atoms with Crippen LogP contribution in [0.25, 0.3) is 0 Å².